The van der Waals surface area contributed by atoms with E-state index in [0.29, 0.717) is 5.75 Å². The zero-order valence-electron chi connectivity index (χ0n) is 11.5. The van der Waals surface area contributed by atoms with Crippen molar-refractivity contribution >= 4 is 10.1 Å². The minimum atomic E-state index is -3.96. The fourth-order valence-electron chi connectivity index (χ4n) is 1.81. The Bertz CT molecular complexity index is 734. The number of hydrogen-bond acceptors (Lipinski definition) is 3. The molecular weight excluding hydrogens is 279 g/mol. The first-order valence-electron chi connectivity index (χ1n) is 6.08. The Morgan fingerprint density at radius 3 is 2.05 bits per heavy atom. The molecule has 0 amide bonds. The van der Waals surface area contributed by atoms with E-state index in [1.54, 1.807) is 19.9 Å². The summed E-state index contributed by atoms with van der Waals surface area (Å²) < 4.78 is 42.4. The standard InChI is InChI=1S/C15H15FO3S/c1-10-4-5-11(2)15(12(10)3)19-20(17,18)14-8-6-13(16)7-9-14/h4-9H,1-3H3. The van der Waals surface area contributed by atoms with E-state index < -0.39 is 15.9 Å². The summed E-state index contributed by atoms with van der Waals surface area (Å²) in [5.74, 6) is -0.166. The summed E-state index contributed by atoms with van der Waals surface area (Å²) in [5.41, 5.74) is 2.45. The highest BCUT2D eigenvalue weighted by molar-refractivity contribution is 7.87. The first-order chi connectivity index (χ1) is 9.31. The fraction of sp³-hybridized carbons (Fsp3) is 0.200. The lowest BCUT2D eigenvalue weighted by Crippen LogP contribution is -2.11. The maximum Gasteiger partial charge on any atom is 0.339 e. The minimum Gasteiger partial charge on any atom is -0.378 e. The van der Waals surface area contributed by atoms with E-state index in [4.69, 9.17) is 4.18 Å². The molecule has 0 heterocycles. The molecular formula is C15H15FO3S. The van der Waals surface area contributed by atoms with Gasteiger partial charge >= 0.3 is 10.1 Å². The maximum atomic E-state index is 12.8. The van der Waals surface area contributed by atoms with Gasteiger partial charge in [-0.3, -0.25) is 0 Å². The average Bonchev–Trinajstić information content (AvgIpc) is 2.40. The van der Waals surface area contributed by atoms with Crippen LogP contribution in [0.5, 0.6) is 5.75 Å². The Kier molecular flexibility index (Phi) is 3.81. The summed E-state index contributed by atoms with van der Waals surface area (Å²) in [6.45, 7) is 5.46. The molecule has 0 aromatic heterocycles. The lowest BCUT2D eigenvalue weighted by molar-refractivity contribution is 0.481. The second-order valence-corrected chi connectivity index (χ2v) is 6.19. The SMILES string of the molecule is Cc1ccc(C)c(OS(=O)(=O)c2ccc(F)cc2)c1C. The van der Waals surface area contributed by atoms with Crippen molar-refractivity contribution in [2.24, 2.45) is 0 Å². The summed E-state index contributed by atoms with van der Waals surface area (Å²) >= 11 is 0. The van der Waals surface area contributed by atoms with Crippen molar-refractivity contribution in [3.8, 4) is 5.75 Å². The van der Waals surface area contributed by atoms with Crippen LogP contribution in [0.1, 0.15) is 16.7 Å². The van der Waals surface area contributed by atoms with Gasteiger partial charge < -0.3 is 4.18 Å². The van der Waals surface area contributed by atoms with Crippen molar-refractivity contribution in [2.45, 2.75) is 25.7 Å². The van der Waals surface area contributed by atoms with Crippen LogP contribution in [-0.2, 0) is 10.1 Å². The molecule has 0 saturated carbocycles. The molecule has 5 heteroatoms. The molecule has 0 aliphatic carbocycles. The quantitative estimate of drug-likeness (QED) is 0.813. The van der Waals surface area contributed by atoms with E-state index in [-0.39, 0.29) is 4.90 Å². The van der Waals surface area contributed by atoms with Crippen molar-refractivity contribution in [3.63, 3.8) is 0 Å². The van der Waals surface area contributed by atoms with Crippen LogP contribution in [-0.4, -0.2) is 8.42 Å². The topological polar surface area (TPSA) is 43.4 Å². The normalized spacial score (nSPS) is 11.4. The highest BCUT2D eigenvalue weighted by Crippen LogP contribution is 2.28. The Balaban J connectivity index is 2.43. The van der Waals surface area contributed by atoms with Gasteiger partial charge in [0.2, 0.25) is 0 Å². The molecule has 0 bridgehead atoms. The molecule has 0 aliphatic rings. The largest absolute Gasteiger partial charge is 0.378 e. The van der Waals surface area contributed by atoms with Crippen LogP contribution in [0, 0.1) is 26.6 Å². The predicted octanol–water partition coefficient (Wildman–Crippen LogP) is 3.52. The monoisotopic (exact) mass is 294 g/mol. The molecule has 0 spiro atoms. The molecule has 0 radical (unpaired) electrons. The third-order valence-electron chi connectivity index (χ3n) is 3.17. The van der Waals surface area contributed by atoms with Crippen molar-refractivity contribution < 1.29 is 17.0 Å². The molecule has 0 aliphatic heterocycles. The number of hydrogen-bond donors (Lipinski definition) is 0. The lowest BCUT2D eigenvalue weighted by atomic mass is 10.1. The second-order valence-electron chi connectivity index (χ2n) is 4.64. The summed E-state index contributed by atoms with van der Waals surface area (Å²) in [6.07, 6.45) is 0. The van der Waals surface area contributed by atoms with Gasteiger partial charge in [0.15, 0.2) is 0 Å². The molecule has 0 fully saturated rings. The van der Waals surface area contributed by atoms with Crippen LogP contribution in [0.2, 0.25) is 0 Å². The molecule has 0 saturated heterocycles. The Labute approximate surface area is 118 Å². The Morgan fingerprint density at radius 1 is 0.900 bits per heavy atom. The van der Waals surface area contributed by atoms with E-state index in [1.165, 1.54) is 12.1 Å². The summed E-state index contributed by atoms with van der Waals surface area (Å²) in [7, 11) is -3.96. The van der Waals surface area contributed by atoms with Gasteiger partial charge in [0.05, 0.1) is 0 Å². The van der Waals surface area contributed by atoms with Crippen LogP contribution in [0.15, 0.2) is 41.3 Å². The van der Waals surface area contributed by atoms with E-state index >= 15 is 0 Å². The van der Waals surface area contributed by atoms with E-state index in [0.717, 1.165) is 28.8 Å². The van der Waals surface area contributed by atoms with E-state index in [2.05, 4.69) is 0 Å². The van der Waals surface area contributed by atoms with Crippen LogP contribution in [0.25, 0.3) is 0 Å². The third kappa shape index (κ3) is 2.82. The first-order valence-corrected chi connectivity index (χ1v) is 7.49. The number of aryl methyl sites for hydroxylation is 2. The van der Waals surface area contributed by atoms with Crippen molar-refractivity contribution in [2.75, 3.05) is 0 Å². The van der Waals surface area contributed by atoms with Crippen molar-refractivity contribution in [1.29, 1.82) is 0 Å². The van der Waals surface area contributed by atoms with Gasteiger partial charge in [0.25, 0.3) is 0 Å². The van der Waals surface area contributed by atoms with E-state index in [1.807, 2.05) is 13.0 Å². The van der Waals surface area contributed by atoms with E-state index in [9.17, 15) is 12.8 Å². The van der Waals surface area contributed by atoms with Crippen LogP contribution in [0.3, 0.4) is 0 Å². The molecule has 0 unspecified atom stereocenters. The van der Waals surface area contributed by atoms with Crippen molar-refractivity contribution in [3.05, 3.63) is 58.9 Å². The molecule has 20 heavy (non-hydrogen) atoms. The molecule has 2 rings (SSSR count). The molecule has 3 nitrogen and oxygen atoms in total. The Morgan fingerprint density at radius 2 is 1.45 bits per heavy atom. The molecule has 2 aromatic rings. The maximum absolute atomic E-state index is 12.8. The second kappa shape index (κ2) is 5.25. The molecule has 0 atom stereocenters. The number of benzene rings is 2. The zero-order valence-corrected chi connectivity index (χ0v) is 12.3. The lowest BCUT2D eigenvalue weighted by Gasteiger charge is -2.13. The van der Waals surface area contributed by atoms with Gasteiger partial charge in [0.1, 0.15) is 16.5 Å². The predicted molar refractivity (Wildman–Crippen MR) is 74.9 cm³/mol. The van der Waals surface area contributed by atoms with Crippen LogP contribution in [0.4, 0.5) is 4.39 Å². The summed E-state index contributed by atoms with van der Waals surface area (Å²) in [6, 6.07) is 8.26. The van der Waals surface area contributed by atoms with Gasteiger partial charge in [-0.25, -0.2) is 4.39 Å². The number of rotatable bonds is 3. The summed E-state index contributed by atoms with van der Waals surface area (Å²) in [5, 5.41) is 0. The minimum absolute atomic E-state index is 0.0702. The third-order valence-corrected chi connectivity index (χ3v) is 4.40. The molecule has 106 valence electrons. The van der Waals surface area contributed by atoms with Gasteiger partial charge in [-0.05, 0) is 61.7 Å². The number of halogens is 1. The van der Waals surface area contributed by atoms with Crippen molar-refractivity contribution in [1.82, 2.24) is 0 Å². The fourth-order valence-corrected chi connectivity index (χ4v) is 2.85. The molecule has 0 N–H and O–H groups in total. The zero-order chi connectivity index (χ0) is 14.9. The van der Waals surface area contributed by atoms with Gasteiger partial charge in [-0.2, -0.15) is 8.42 Å². The molecule has 2 aromatic carbocycles. The van der Waals surface area contributed by atoms with Crippen LogP contribution >= 0.6 is 0 Å². The van der Waals surface area contributed by atoms with Gasteiger partial charge in [-0.1, -0.05) is 12.1 Å². The van der Waals surface area contributed by atoms with Crippen LogP contribution < -0.4 is 4.18 Å². The van der Waals surface area contributed by atoms with Gasteiger partial charge in [-0.15, -0.1) is 0 Å². The van der Waals surface area contributed by atoms with Gasteiger partial charge in [0, 0.05) is 0 Å². The Hall–Kier alpha value is -1.88. The smallest absolute Gasteiger partial charge is 0.339 e. The highest BCUT2D eigenvalue weighted by Gasteiger charge is 2.19. The first kappa shape index (κ1) is 14.5. The average molecular weight is 294 g/mol. The summed E-state index contributed by atoms with van der Waals surface area (Å²) in [4.78, 5) is -0.0702. The highest BCUT2D eigenvalue weighted by atomic mass is 32.2.